The van der Waals surface area contributed by atoms with Gasteiger partial charge in [-0.1, -0.05) is 25.1 Å². The first-order chi connectivity index (χ1) is 9.76. The average molecular weight is 273 g/mol. The Morgan fingerprint density at radius 2 is 2.15 bits per heavy atom. The van der Waals surface area contributed by atoms with Gasteiger partial charge in [0.1, 0.15) is 11.6 Å². The molecule has 2 rings (SSSR count). The summed E-state index contributed by atoms with van der Waals surface area (Å²) in [6.07, 6.45) is 5.80. The minimum Gasteiger partial charge on any atom is -0.496 e. The number of imidazole rings is 1. The molecule has 4 heteroatoms. The SMILES string of the molecule is CCCNC(Cc1ccccc1OC)c1nccn1C. The van der Waals surface area contributed by atoms with E-state index in [0.29, 0.717) is 0 Å². The average Bonchev–Trinajstić information content (AvgIpc) is 2.90. The molecule has 0 saturated carbocycles. The molecule has 1 N–H and O–H groups in total. The first-order valence-electron chi connectivity index (χ1n) is 7.08. The number of benzene rings is 1. The Morgan fingerprint density at radius 3 is 2.80 bits per heavy atom. The number of ether oxygens (including phenoxy) is 1. The van der Waals surface area contributed by atoms with Crippen LogP contribution in [0.1, 0.15) is 30.8 Å². The van der Waals surface area contributed by atoms with Gasteiger partial charge in [0.2, 0.25) is 0 Å². The van der Waals surface area contributed by atoms with Crippen molar-refractivity contribution in [2.75, 3.05) is 13.7 Å². The van der Waals surface area contributed by atoms with Crippen LogP contribution in [0.4, 0.5) is 0 Å². The van der Waals surface area contributed by atoms with Crippen molar-refractivity contribution in [2.45, 2.75) is 25.8 Å². The second-order valence-electron chi connectivity index (χ2n) is 4.92. The Labute approximate surface area is 120 Å². The summed E-state index contributed by atoms with van der Waals surface area (Å²) in [5.41, 5.74) is 1.20. The number of aromatic nitrogens is 2. The number of methoxy groups -OCH3 is 1. The Hall–Kier alpha value is -1.81. The second kappa shape index (κ2) is 7.10. The number of hydrogen-bond acceptors (Lipinski definition) is 3. The molecule has 0 saturated heterocycles. The van der Waals surface area contributed by atoms with E-state index in [1.807, 2.05) is 37.6 Å². The largest absolute Gasteiger partial charge is 0.496 e. The molecule has 0 amide bonds. The van der Waals surface area contributed by atoms with Crippen molar-refractivity contribution in [1.82, 2.24) is 14.9 Å². The summed E-state index contributed by atoms with van der Waals surface area (Å²) >= 11 is 0. The minimum absolute atomic E-state index is 0.200. The second-order valence-corrected chi connectivity index (χ2v) is 4.92. The van der Waals surface area contributed by atoms with Crippen LogP contribution in [0.2, 0.25) is 0 Å². The van der Waals surface area contributed by atoms with E-state index >= 15 is 0 Å². The molecular weight excluding hydrogens is 250 g/mol. The number of hydrogen-bond donors (Lipinski definition) is 1. The van der Waals surface area contributed by atoms with Gasteiger partial charge in [-0.05, 0) is 31.0 Å². The summed E-state index contributed by atoms with van der Waals surface area (Å²) in [4.78, 5) is 4.48. The van der Waals surface area contributed by atoms with Crippen LogP contribution in [0, 0.1) is 0 Å². The maximum absolute atomic E-state index is 5.44. The van der Waals surface area contributed by atoms with Gasteiger partial charge in [0.05, 0.1) is 13.2 Å². The zero-order chi connectivity index (χ0) is 14.4. The molecule has 20 heavy (non-hydrogen) atoms. The lowest BCUT2D eigenvalue weighted by molar-refractivity contribution is 0.403. The number of aryl methyl sites for hydroxylation is 1. The van der Waals surface area contributed by atoms with E-state index in [4.69, 9.17) is 4.74 Å². The van der Waals surface area contributed by atoms with Crippen molar-refractivity contribution >= 4 is 0 Å². The molecule has 0 aliphatic carbocycles. The number of rotatable bonds is 7. The summed E-state index contributed by atoms with van der Waals surface area (Å²) in [5.74, 6) is 1.99. The molecule has 0 aliphatic rings. The quantitative estimate of drug-likeness (QED) is 0.843. The Morgan fingerprint density at radius 1 is 1.35 bits per heavy atom. The molecule has 1 aromatic carbocycles. The lowest BCUT2D eigenvalue weighted by Crippen LogP contribution is -2.26. The van der Waals surface area contributed by atoms with Crippen molar-refractivity contribution in [1.29, 1.82) is 0 Å². The topological polar surface area (TPSA) is 39.1 Å². The van der Waals surface area contributed by atoms with Crippen LogP contribution in [0.3, 0.4) is 0 Å². The first kappa shape index (κ1) is 14.6. The van der Waals surface area contributed by atoms with E-state index < -0.39 is 0 Å². The predicted octanol–water partition coefficient (Wildman–Crippen LogP) is 2.71. The Bertz CT molecular complexity index is 536. The third-order valence-electron chi connectivity index (χ3n) is 3.43. The van der Waals surface area contributed by atoms with Crippen molar-refractivity contribution in [3.63, 3.8) is 0 Å². The molecule has 0 aliphatic heterocycles. The molecule has 1 unspecified atom stereocenters. The van der Waals surface area contributed by atoms with Gasteiger partial charge >= 0.3 is 0 Å². The number of nitrogens with zero attached hydrogens (tertiary/aromatic N) is 2. The Kier molecular flexibility index (Phi) is 5.18. The van der Waals surface area contributed by atoms with E-state index in [-0.39, 0.29) is 6.04 Å². The maximum atomic E-state index is 5.44. The van der Waals surface area contributed by atoms with Gasteiger partial charge in [-0.2, -0.15) is 0 Å². The summed E-state index contributed by atoms with van der Waals surface area (Å²) in [5, 5.41) is 3.57. The highest BCUT2D eigenvalue weighted by molar-refractivity contribution is 5.34. The molecule has 0 radical (unpaired) electrons. The lowest BCUT2D eigenvalue weighted by Gasteiger charge is -2.19. The first-order valence-corrected chi connectivity index (χ1v) is 7.08. The van der Waals surface area contributed by atoms with Gasteiger partial charge < -0.3 is 14.6 Å². The molecule has 108 valence electrons. The highest BCUT2D eigenvalue weighted by Crippen LogP contribution is 2.24. The molecule has 4 nitrogen and oxygen atoms in total. The molecule has 1 aromatic heterocycles. The molecular formula is C16H23N3O. The van der Waals surface area contributed by atoms with Gasteiger partial charge in [0.15, 0.2) is 0 Å². The van der Waals surface area contributed by atoms with Gasteiger partial charge in [-0.3, -0.25) is 0 Å². The normalized spacial score (nSPS) is 12.3. The molecule has 0 spiro atoms. The van der Waals surface area contributed by atoms with Crippen molar-refractivity contribution in [3.05, 3.63) is 48.0 Å². The van der Waals surface area contributed by atoms with Crippen molar-refractivity contribution in [3.8, 4) is 5.75 Å². The molecule has 2 aromatic rings. The predicted molar refractivity (Wildman–Crippen MR) is 80.9 cm³/mol. The zero-order valence-electron chi connectivity index (χ0n) is 12.5. The van der Waals surface area contributed by atoms with Crippen LogP contribution < -0.4 is 10.1 Å². The fraction of sp³-hybridized carbons (Fsp3) is 0.438. The van der Waals surface area contributed by atoms with Gasteiger partial charge in [-0.25, -0.2) is 4.98 Å². The smallest absolute Gasteiger partial charge is 0.125 e. The number of nitrogens with one attached hydrogen (secondary N) is 1. The molecule has 1 atom stereocenters. The molecule has 0 fully saturated rings. The van der Waals surface area contributed by atoms with Gasteiger partial charge in [0.25, 0.3) is 0 Å². The van der Waals surface area contributed by atoms with Crippen LogP contribution >= 0.6 is 0 Å². The van der Waals surface area contributed by atoms with E-state index in [2.05, 4.69) is 27.9 Å². The Balaban J connectivity index is 2.21. The van der Waals surface area contributed by atoms with Crippen LogP contribution in [-0.2, 0) is 13.5 Å². The summed E-state index contributed by atoms with van der Waals surface area (Å²) in [6, 6.07) is 8.36. The lowest BCUT2D eigenvalue weighted by atomic mass is 10.0. The number of para-hydroxylation sites is 1. The van der Waals surface area contributed by atoms with E-state index in [0.717, 1.165) is 31.0 Å². The minimum atomic E-state index is 0.200. The highest BCUT2D eigenvalue weighted by atomic mass is 16.5. The fourth-order valence-corrected chi connectivity index (χ4v) is 2.38. The van der Waals surface area contributed by atoms with E-state index in [1.165, 1.54) is 5.56 Å². The van der Waals surface area contributed by atoms with Gasteiger partial charge in [0, 0.05) is 19.4 Å². The van der Waals surface area contributed by atoms with Gasteiger partial charge in [-0.15, -0.1) is 0 Å². The van der Waals surface area contributed by atoms with Crippen LogP contribution in [0.25, 0.3) is 0 Å². The van der Waals surface area contributed by atoms with E-state index in [1.54, 1.807) is 7.11 Å². The summed E-state index contributed by atoms with van der Waals surface area (Å²) in [7, 11) is 3.75. The third kappa shape index (κ3) is 3.39. The highest BCUT2D eigenvalue weighted by Gasteiger charge is 2.17. The van der Waals surface area contributed by atoms with Crippen LogP contribution in [0.5, 0.6) is 5.75 Å². The standard InChI is InChI=1S/C16H23N3O/c1-4-9-17-14(16-18-10-11-19(16)2)12-13-7-5-6-8-15(13)20-3/h5-8,10-11,14,17H,4,9,12H2,1-3H3. The third-order valence-corrected chi connectivity index (χ3v) is 3.43. The zero-order valence-corrected chi connectivity index (χ0v) is 12.5. The summed E-state index contributed by atoms with van der Waals surface area (Å²) < 4.78 is 7.52. The van der Waals surface area contributed by atoms with E-state index in [9.17, 15) is 0 Å². The van der Waals surface area contributed by atoms with Crippen LogP contribution in [-0.4, -0.2) is 23.2 Å². The fourth-order valence-electron chi connectivity index (χ4n) is 2.38. The van der Waals surface area contributed by atoms with Crippen molar-refractivity contribution < 1.29 is 4.74 Å². The maximum Gasteiger partial charge on any atom is 0.125 e. The van der Waals surface area contributed by atoms with Crippen LogP contribution in [0.15, 0.2) is 36.7 Å². The molecule has 0 bridgehead atoms. The molecule has 1 heterocycles. The summed E-state index contributed by atoms with van der Waals surface area (Å²) in [6.45, 7) is 3.15. The monoisotopic (exact) mass is 273 g/mol. The van der Waals surface area contributed by atoms with Crippen molar-refractivity contribution in [2.24, 2.45) is 7.05 Å².